The Morgan fingerprint density at radius 1 is 1.47 bits per heavy atom. The third-order valence-corrected chi connectivity index (χ3v) is 3.38. The predicted octanol–water partition coefficient (Wildman–Crippen LogP) is 2.17. The number of rotatable bonds is 3. The quantitative estimate of drug-likeness (QED) is 0.876. The molecule has 0 amide bonds. The normalized spacial score (nSPS) is 19.5. The molecule has 1 aromatic heterocycles. The second-order valence-electron chi connectivity index (χ2n) is 4.46. The van der Waals surface area contributed by atoms with Crippen LogP contribution in [0.15, 0.2) is 28.8 Å². The van der Waals surface area contributed by atoms with E-state index in [1.807, 2.05) is 13.0 Å². The topological polar surface area (TPSA) is 64.9 Å². The van der Waals surface area contributed by atoms with Crippen molar-refractivity contribution in [3.63, 3.8) is 0 Å². The van der Waals surface area contributed by atoms with Gasteiger partial charge in [-0.05, 0) is 24.0 Å². The Balaban J connectivity index is 1.86. The molecule has 1 unspecified atom stereocenters. The number of fused-ring (bicyclic) bond motifs is 1. The maximum absolute atomic E-state index is 5.87. The number of hydrogen-bond donors (Lipinski definition) is 1. The lowest BCUT2D eigenvalue weighted by Gasteiger charge is -2.27. The molecule has 2 N–H and O–H groups in total. The molecule has 1 aliphatic rings. The molecule has 17 heavy (non-hydrogen) atoms. The summed E-state index contributed by atoms with van der Waals surface area (Å²) in [6, 6.07) is 8.23. The van der Waals surface area contributed by atoms with Crippen LogP contribution in [0.5, 0.6) is 0 Å². The Bertz CT molecular complexity index is 535. The van der Waals surface area contributed by atoms with Crippen LogP contribution in [0.4, 0.5) is 0 Å². The molecule has 0 fully saturated rings. The van der Waals surface area contributed by atoms with Crippen molar-refractivity contribution in [3.8, 4) is 0 Å². The van der Waals surface area contributed by atoms with Gasteiger partial charge in [0, 0.05) is 0 Å². The van der Waals surface area contributed by atoms with E-state index >= 15 is 0 Å². The van der Waals surface area contributed by atoms with Gasteiger partial charge in [0.05, 0.1) is 12.0 Å². The zero-order chi connectivity index (χ0) is 11.8. The lowest BCUT2D eigenvalue weighted by molar-refractivity contribution is 0.346. The van der Waals surface area contributed by atoms with Gasteiger partial charge < -0.3 is 10.3 Å². The van der Waals surface area contributed by atoms with Crippen LogP contribution >= 0.6 is 0 Å². The van der Waals surface area contributed by atoms with Gasteiger partial charge in [-0.25, -0.2) is 0 Å². The molecule has 0 aliphatic heterocycles. The number of nitrogens with zero attached hydrogens (tertiary/aromatic N) is 2. The Morgan fingerprint density at radius 3 is 3.06 bits per heavy atom. The van der Waals surface area contributed by atoms with E-state index in [2.05, 4.69) is 28.3 Å². The lowest BCUT2D eigenvalue weighted by atomic mass is 9.77. The average Bonchev–Trinajstić information content (AvgIpc) is 2.79. The number of nitrogens with two attached hydrogens (primary N) is 1. The summed E-state index contributed by atoms with van der Waals surface area (Å²) in [4.78, 5) is 4.40. The number of hydrogen-bond acceptors (Lipinski definition) is 4. The molecule has 0 bridgehead atoms. The van der Waals surface area contributed by atoms with Crippen molar-refractivity contribution in [1.29, 1.82) is 0 Å². The molecule has 0 saturated heterocycles. The van der Waals surface area contributed by atoms with E-state index in [0.717, 1.165) is 18.7 Å². The minimum atomic E-state index is -0.147. The summed E-state index contributed by atoms with van der Waals surface area (Å²) in [5.41, 5.74) is 8.55. The third kappa shape index (κ3) is 1.65. The summed E-state index contributed by atoms with van der Waals surface area (Å²) < 4.78 is 5.20. The summed E-state index contributed by atoms with van der Waals surface area (Å²) in [6.45, 7) is 2.01. The summed E-state index contributed by atoms with van der Waals surface area (Å²) >= 11 is 0. The molecule has 2 atom stereocenters. The fraction of sp³-hybridized carbons (Fsp3) is 0.385. The fourth-order valence-electron chi connectivity index (χ4n) is 2.20. The molecule has 4 heteroatoms. The Hall–Kier alpha value is -1.68. The van der Waals surface area contributed by atoms with Gasteiger partial charge >= 0.3 is 0 Å². The molecule has 0 spiro atoms. The molecule has 4 nitrogen and oxygen atoms in total. The molecular weight excluding hydrogens is 214 g/mol. The number of aromatic nitrogens is 2. The lowest BCUT2D eigenvalue weighted by Crippen LogP contribution is -2.19. The van der Waals surface area contributed by atoms with E-state index in [1.54, 1.807) is 0 Å². The highest BCUT2D eigenvalue weighted by Gasteiger charge is 2.31. The fourth-order valence-corrected chi connectivity index (χ4v) is 2.20. The molecule has 88 valence electrons. The molecule has 1 aromatic carbocycles. The van der Waals surface area contributed by atoms with Gasteiger partial charge in [-0.3, -0.25) is 0 Å². The molecule has 2 aromatic rings. The van der Waals surface area contributed by atoms with Gasteiger partial charge in [-0.2, -0.15) is 4.98 Å². The summed E-state index contributed by atoms with van der Waals surface area (Å²) in [5.74, 6) is 1.60. The van der Waals surface area contributed by atoms with Gasteiger partial charge in [0.15, 0.2) is 5.82 Å². The monoisotopic (exact) mass is 229 g/mol. The summed E-state index contributed by atoms with van der Waals surface area (Å²) in [6.07, 6.45) is 1.80. The third-order valence-electron chi connectivity index (χ3n) is 3.38. The maximum atomic E-state index is 5.87. The minimum Gasteiger partial charge on any atom is -0.338 e. The first kappa shape index (κ1) is 10.5. The molecule has 0 saturated carbocycles. The van der Waals surface area contributed by atoms with Crippen LogP contribution in [0.3, 0.4) is 0 Å². The van der Waals surface area contributed by atoms with Gasteiger partial charge in [-0.1, -0.05) is 36.3 Å². The highest BCUT2D eigenvalue weighted by molar-refractivity contribution is 5.43. The van der Waals surface area contributed by atoms with E-state index < -0.39 is 0 Å². The van der Waals surface area contributed by atoms with Gasteiger partial charge in [0.1, 0.15) is 0 Å². The van der Waals surface area contributed by atoms with Crippen LogP contribution in [0.2, 0.25) is 0 Å². The molecule has 1 heterocycles. The summed E-state index contributed by atoms with van der Waals surface area (Å²) in [7, 11) is 0. The predicted molar refractivity (Wildman–Crippen MR) is 63.5 cm³/mol. The molecule has 3 rings (SSSR count). The van der Waals surface area contributed by atoms with Crippen LogP contribution in [0.1, 0.15) is 48.1 Å². The van der Waals surface area contributed by atoms with Crippen molar-refractivity contribution in [2.45, 2.75) is 31.7 Å². The Kier molecular flexibility index (Phi) is 2.44. The zero-order valence-electron chi connectivity index (χ0n) is 9.76. The van der Waals surface area contributed by atoms with Crippen molar-refractivity contribution < 1.29 is 4.52 Å². The maximum Gasteiger partial charge on any atom is 0.243 e. The smallest absolute Gasteiger partial charge is 0.243 e. The van der Waals surface area contributed by atoms with Crippen LogP contribution in [0, 0.1) is 0 Å². The van der Waals surface area contributed by atoms with E-state index in [9.17, 15) is 0 Å². The van der Waals surface area contributed by atoms with Crippen molar-refractivity contribution in [1.82, 2.24) is 10.1 Å². The van der Waals surface area contributed by atoms with Gasteiger partial charge in [-0.15, -0.1) is 0 Å². The zero-order valence-corrected chi connectivity index (χ0v) is 9.76. The van der Waals surface area contributed by atoms with Gasteiger partial charge in [0.2, 0.25) is 5.89 Å². The van der Waals surface area contributed by atoms with Crippen LogP contribution in [-0.2, 0) is 6.42 Å². The van der Waals surface area contributed by atoms with E-state index in [1.165, 1.54) is 11.1 Å². The highest BCUT2D eigenvalue weighted by atomic mass is 16.5. The molecular formula is C13H15N3O. The van der Waals surface area contributed by atoms with Crippen LogP contribution in [-0.4, -0.2) is 10.1 Å². The first-order chi connectivity index (χ1) is 8.29. The van der Waals surface area contributed by atoms with Crippen molar-refractivity contribution in [3.05, 3.63) is 47.1 Å². The van der Waals surface area contributed by atoms with Gasteiger partial charge in [0.25, 0.3) is 0 Å². The summed E-state index contributed by atoms with van der Waals surface area (Å²) in [5, 5.41) is 4.04. The number of benzene rings is 1. The SMILES string of the molecule is CC[C@@H](N)c1nc(C2Cc3ccccc32)no1. The van der Waals surface area contributed by atoms with Crippen molar-refractivity contribution >= 4 is 0 Å². The molecule has 0 radical (unpaired) electrons. The second kappa shape index (κ2) is 3.96. The standard InChI is InChI=1S/C13H15N3O/c1-2-11(14)13-15-12(16-17-13)10-7-8-5-3-4-6-9(8)10/h3-6,10-11H,2,7,14H2,1H3/t10?,11-/m1/s1. The van der Waals surface area contributed by atoms with Crippen molar-refractivity contribution in [2.75, 3.05) is 0 Å². The van der Waals surface area contributed by atoms with E-state index in [0.29, 0.717) is 5.89 Å². The Morgan fingerprint density at radius 2 is 2.29 bits per heavy atom. The second-order valence-corrected chi connectivity index (χ2v) is 4.46. The first-order valence-electron chi connectivity index (χ1n) is 5.96. The Labute approximate surface area is 99.8 Å². The highest BCUT2D eigenvalue weighted by Crippen LogP contribution is 2.38. The van der Waals surface area contributed by atoms with Crippen LogP contribution in [0.25, 0.3) is 0 Å². The first-order valence-corrected chi connectivity index (χ1v) is 5.96. The van der Waals surface area contributed by atoms with Crippen molar-refractivity contribution in [2.24, 2.45) is 5.73 Å². The minimum absolute atomic E-state index is 0.147. The largest absolute Gasteiger partial charge is 0.338 e. The van der Waals surface area contributed by atoms with Crippen LogP contribution < -0.4 is 5.73 Å². The average molecular weight is 229 g/mol. The van der Waals surface area contributed by atoms with E-state index in [-0.39, 0.29) is 12.0 Å². The van der Waals surface area contributed by atoms with E-state index in [4.69, 9.17) is 10.3 Å². The molecule has 1 aliphatic carbocycles.